The standard InChI is InChI=1S/C9H14N6O2/c1-17-4-6(16)12-9-14-7(10)13-8(15-9)11-5-2-3-5/h5H,2-4H2,1H3,(H4,10,11,12,13,14,15,16). The van der Waals surface area contributed by atoms with E-state index in [0.717, 1.165) is 12.8 Å². The summed E-state index contributed by atoms with van der Waals surface area (Å²) in [6.45, 7) is -0.0586. The number of anilines is 3. The van der Waals surface area contributed by atoms with Crippen molar-refractivity contribution >= 4 is 23.8 Å². The molecule has 0 aliphatic heterocycles. The Balaban J connectivity index is 2.04. The molecule has 4 N–H and O–H groups in total. The molecule has 1 amide bonds. The van der Waals surface area contributed by atoms with Gasteiger partial charge >= 0.3 is 0 Å². The smallest absolute Gasteiger partial charge is 0.252 e. The lowest BCUT2D eigenvalue weighted by Crippen LogP contribution is -2.20. The van der Waals surface area contributed by atoms with E-state index in [0.29, 0.717) is 12.0 Å². The molecule has 17 heavy (non-hydrogen) atoms. The van der Waals surface area contributed by atoms with E-state index in [2.05, 4.69) is 30.3 Å². The molecular weight excluding hydrogens is 224 g/mol. The van der Waals surface area contributed by atoms with Gasteiger partial charge in [0, 0.05) is 13.2 Å². The minimum absolute atomic E-state index is 0.0586. The molecule has 0 bridgehead atoms. The Morgan fingerprint density at radius 1 is 1.41 bits per heavy atom. The van der Waals surface area contributed by atoms with Crippen molar-refractivity contribution in [2.45, 2.75) is 18.9 Å². The molecule has 92 valence electrons. The Hall–Kier alpha value is -1.96. The maximum Gasteiger partial charge on any atom is 0.252 e. The van der Waals surface area contributed by atoms with E-state index < -0.39 is 0 Å². The van der Waals surface area contributed by atoms with Gasteiger partial charge in [-0.15, -0.1) is 0 Å². The van der Waals surface area contributed by atoms with Crippen LogP contribution in [0.25, 0.3) is 0 Å². The van der Waals surface area contributed by atoms with Crippen LogP contribution in [-0.2, 0) is 9.53 Å². The molecule has 0 unspecified atom stereocenters. The number of amides is 1. The number of rotatable bonds is 5. The van der Waals surface area contributed by atoms with Crippen LogP contribution in [0.1, 0.15) is 12.8 Å². The monoisotopic (exact) mass is 238 g/mol. The zero-order valence-electron chi connectivity index (χ0n) is 9.43. The van der Waals surface area contributed by atoms with Crippen molar-refractivity contribution in [1.82, 2.24) is 15.0 Å². The van der Waals surface area contributed by atoms with E-state index in [-0.39, 0.29) is 24.4 Å². The van der Waals surface area contributed by atoms with Crippen molar-refractivity contribution in [2.24, 2.45) is 0 Å². The van der Waals surface area contributed by atoms with Gasteiger partial charge in [-0.3, -0.25) is 10.1 Å². The molecule has 8 heteroatoms. The molecular formula is C9H14N6O2. The van der Waals surface area contributed by atoms with Crippen molar-refractivity contribution < 1.29 is 9.53 Å². The summed E-state index contributed by atoms with van der Waals surface area (Å²) < 4.78 is 4.68. The number of hydrogen-bond acceptors (Lipinski definition) is 7. The number of carbonyl (C=O) groups is 1. The van der Waals surface area contributed by atoms with E-state index in [1.165, 1.54) is 7.11 Å². The fourth-order valence-electron chi connectivity index (χ4n) is 1.21. The Labute approximate surface area is 98.0 Å². The Morgan fingerprint density at radius 3 is 2.76 bits per heavy atom. The summed E-state index contributed by atoms with van der Waals surface area (Å²) >= 11 is 0. The first-order chi connectivity index (χ1) is 8.17. The lowest BCUT2D eigenvalue weighted by Gasteiger charge is -2.06. The van der Waals surface area contributed by atoms with Crippen LogP contribution in [0.15, 0.2) is 0 Å². The molecule has 0 atom stereocenters. The van der Waals surface area contributed by atoms with Crippen LogP contribution in [0, 0.1) is 0 Å². The van der Waals surface area contributed by atoms with Gasteiger partial charge in [-0.25, -0.2) is 0 Å². The first-order valence-corrected chi connectivity index (χ1v) is 5.24. The average molecular weight is 238 g/mol. The topological polar surface area (TPSA) is 115 Å². The van der Waals surface area contributed by atoms with E-state index in [1.54, 1.807) is 0 Å². The molecule has 0 saturated heterocycles. The summed E-state index contributed by atoms with van der Waals surface area (Å²) in [5.74, 6) is 0.238. The first-order valence-electron chi connectivity index (χ1n) is 5.24. The predicted molar refractivity (Wildman–Crippen MR) is 61.4 cm³/mol. The Morgan fingerprint density at radius 2 is 2.12 bits per heavy atom. The third-order valence-electron chi connectivity index (χ3n) is 2.09. The second-order valence-electron chi connectivity index (χ2n) is 3.74. The van der Waals surface area contributed by atoms with Crippen molar-refractivity contribution in [3.8, 4) is 0 Å². The summed E-state index contributed by atoms with van der Waals surface area (Å²) in [7, 11) is 1.43. The molecule has 0 spiro atoms. The number of hydrogen-bond donors (Lipinski definition) is 3. The fraction of sp³-hybridized carbons (Fsp3) is 0.556. The van der Waals surface area contributed by atoms with E-state index in [1.807, 2.05) is 0 Å². The van der Waals surface area contributed by atoms with Crippen LogP contribution in [-0.4, -0.2) is 40.6 Å². The van der Waals surface area contributed by atoms with Gasteiger partial charge in [0.15, 0.2) is 0 Å². The van der Waals surface area contributed by atoms with Crippen LogP contribution in [0.4, 0.5) is 17.8 Å². The molecule has 1 aliphatic rings. The average Bonchev–Trinajstić information content (AvgIpc) is 3.00. The van der Waals surface area contributed by atoms with Gasteiger partial charge in [0.05, 0.1) is 0 Å². The highest BCUT2D eigenvalue weighted by molar-refractivity contribution is 5.90. The highest BCUT2D eigenvalue weighted by atomic mass is 16.5. The van der Waals surface area contributed by atoms with Crippen LogP contribution < -0.4 is 16.4 Å². The molecule has 1 fully saturated rings. The number of carbonyl (C=O) groups excluding carboxylic acids is 1. The fourth-order valence-corrected chi connectivity index (χ4v) is 1.21. The lowest BCUT2D eigenvalue weighted by molar-refractivity contribution is -0.119. The summed E-state index contributed by atoms with van der Waals surface area (Å²) in [6, 6.07) is 0.402. The van der Waals surface area contributed by atoms with Crippen molar-refractivity contribution in [3.63, 3.8) is 0 Å². The molecule has 8 nitrogen and oxygen atoms in total. The quantitative estimate of drug-likeness (QED) is 0.640. The number of nitrogens with zero attached hydrogens (tertiary/aromatic N) is 3. The second kappa shape index (κ2) is 4.91. The maximum atomic E-state index is 11.3. The van der Waals surface area contributed by atoms with Crippen molar-refractivity contribution in [2.75, 3.05) is 30.1 Å². The minimum atomic E-state index is -0.338. The van der Waals surface area contributed by atoms with Crippen LogP contribution in [0.3, 0.4) is 0 Å². The molecule has 0 radical (unpaired) electrons. The molecule has 1 aromatic rings. The minimum Gasteiger partial charge on any atom is -0.375 e. The predicted octanol–water partition coefficient (Wildman–Crippen LogP) is -0.387. The zero-order chi connectivity index (χ0) is 12.3. The lowest BCUT2D eigenvalue weighted by atomic mass is 10.6. The molecule has 1 aliphatic carbocycles. The second-order valence-corrected chi connectivity index (χ2v) is 3.74. The van der Waals surface area contributed by atoms with Gasteiger partial charge in [-0.1, -0.05) is 0 Å². The largest absolute Gasteiger partial charge is 0.375 e. The summed E-state index contributed by atoms with van der Waals surface area (Å²) in [5, 5.41) is 5.55. The van der Waals surface area contributed by atoms with Crippen LogP contribution >= 0.6 is 0 Å². The van der Waals surface area contributed by atoms with Gasteiger partial charge in [0.25, 0.3) is 5.91 Å². The molecule has 0 aromatic carbocycles. The molecule has 1 heterocycles. The first kappa shape index (κ1) is 11.5. The Kier molecular flexibility index (Phi) is 3.33. The van der Waals surface area contributed by atoms with Gasteiger partial charge in [-0.2, -0.15) is 15.0 Å². The summed E-state index contributed by atoms with van der Waals surface area (Å²) in [4.78, 5) is 23.0. The van der Waals surface area contributed by atoms with E-state index >= 15 is 0 Å². The third kappa shape index (κ3) is 3.52. The number of nitrogens with one attached hydrogen (secondary N) is 2. The van der Waals surface area contributed by atoms with Crippen molar-refractivity contribution in [3.05, 3.63) is 0 Å². The number of nitrogen functional groups attached to an aromatic ring is 1. The third-order valence-corrected chi connectivity index (χ3v) is 2.09. The molecule has 1 saturated carbocycles. The SMILES string of the molecule is COCC(=O)Nc1nc(N)nc(NC2CC2)n1. The van der Waals surface area contributed by atoms with Crippen molar-refractivity contribution in [1.29, 1.82) is 0 Å². The normalized spacial score (nSPS) is 14.4. The van der Waals surface area contributed by atoms with Gasteiger partial charge in [0.1, 0.15) is 6.61 Å². The zero-order valence-corrected chi connectivity index (χ0v) is 9.43. The maximum absolute atomic E-state index is 11.3. The highest BCUT2D eigenvalue weighted by Crippen LogP contribution is 2.23. The van der Waals surface area contributed by atoms with Gasteiger partial charge in [0.2, 0.25) is 17.8 Å². The van der Waals surface area contributed by atoms with E-state index in [4.69, 9.17) is 5.73 Å². The number of ether oxygens (including phenoxy) is 1. The van der Waals surface area contributed by atoms with Gasteiger partial charge in [-0.05, 0) is 12.8 Å². The molecule has 1 aromatic heterocycles. The number of methoxy groups -OCH3 is 1. The van der Waals surface area contributed by atoms with Crippen LogP contribution in [0.2, 0.25) is 0 Å². The summed E-state index contributed by atoms with van der Waals surface area (Å²) in [6.07, 6.45) is 2.19. The van der Waals surface area contributed by atoms with Gasteiger partial charge < -0.3 is 15.8 Å². The van der Waals surface area contributed by atoms with E-state index in [9.17, 15) is 4.79 Å². The number of nitrogens with two attached hydrogens (primary N) is 1. The summed E-state index contributed by atoms with van der Waals surface area (Å²) in [5.41, 5.74) is 5.52. The Bertz CT molecular complexity index is 420. The molecule has 2 rings (SSSR count). The highest BCUT2D eigenvalue weighted by Gasteiger charge is 2.22. The number of aromatic nitrogens is 3. The van der Waals surface area contributed by atoms with Crippen LogP contribution in [0.5, 0.6) is 0 Å².